The van der Waals surface area contributed by atoms with Gasteiger partial charge in [-0.3, -0.25) is 10.1 Å². The minimum absolute atomic E-state index is 0.00406. The Morgan fingerprint density at radius 2 is 1.56 bits per heavy atom. The fraction of sp³-hybridized carbons (Fsp3) is 0. The molecule has 2 N–H and O–H groups in total. The van der Waals surface area contributed by atoms with E-state index in [-0.39, 0.29) is 22.5 Å². The summed E-state index contributed by atoms with van der Waals surface area (Å²) < 4.78 is 0. The minimum Gasteiger partial charge on any atom is -0.333 e. The average Bonchev–Trinajstić information content (AvgIpc) is 2.59. The molecular weight excluding hydrogens is 367 g/mol. The number of anilines is 4. The number of halogens is 2. The van der Waals surface area contributed by atoms with Gasteiger partial charge in [0, 0.05) is 6.20 Å². The van der Waals surface area contributed by atoms with Crippen molar-refractivity contribution in [2.24, 2.45) is 0 Å². The van der Waals surface area contributed by atoms with E-state index in [1.807, 2.05) is 0 Å². The summed E-state index contributed by atoms with van der Waals surface area (Å²) in [5.74, 6) is -0.0277. The maximum absolute atomic E-state index is 11.6. The summed E-state index contributed by atoms with van der Waals surface area (Å²) >= 11 is 12.1. The van der Waals surface area contributed by atoms with Gasteiger partial charge in [-0.25, -0.2) is 15.0 Å². The first kappa shape index (κ1) is 16.9. The highest BCUT2D eigenvalue weighted by Crippen LogP contribution is 2.35. The van der Waals surface area contributed by atoms with Crippen molar-refractivity contribution in [3.8, 4) is 0 Å². The maximum atomic E-state index is 11.6. The minimum atomic E-state index is -0.591. The summed E-state index contributed by atoms with van der Waals surface area (Å²) in [6.45, 7) is 0. The highest BCUT2D eigenvalue weighted by molar-refractivity contribution is 6.33. The number of nitrogens with one attached hydrogen (secondary N) is 2. The molecule has 2 aromatic heterocycles. The number of aromatic nitrogens is 3. The third-order valence-electron chi connectivity index (χ3n) is 3.14. The fourth-order valence-corrected chi connectivity index (χ4v) is 2.38. The maximum Gasteiger partial charge on any atom is 0.353 e. The zero-order valence-electron chi connectivity index (χ0n) is 12.5. The number of nitrogens with zero attached hydrogens (tertiary/aromatic N) is 4. The van der Waals surface area contributed by atoms with Crippen molar-refractivity contribution in [3.63, 3.8) is 0 Å². The summed E-state index contributed by atoms with van der Waals surface area (Å²) in [6, 6.07) is 10.1. The van der Waals surface area contributed by atoms with Crippen LogP contribution < -0.4 is 10.6 Å². The van der Waals surface area contributed by atoms with Crippen molar-refractivity contribution in [1.29, 1.82) is 0 Å². The highest BCUT2D eigenvalue weighted by atomic mass is 35.5. The van der Waals surface area contributed by atoms with E-state index in [0.29, 0.717) is 16.4 Å². The number of pyridine rings is 1. The standard InChI is InChI=1S/C15H10Cl2N6O2/c16-9-4-1-2-5-10(9)21-14-12(23(24)25)15(20-8-19-14)22-11-6-3-7-18-13(11)17/h1-8H,(H2,19,20,21,22). The number of para-hydroxylation sites is 1. The zero-order chi connectivity index (χ0) is 17.8. The van der Waals surface area contributed by atoms with Gasteiger partial charge < -0.3 is 10.6 Å². The predicted molar refractivity (Wildman–Crippen MR) is 96.0 cm³/mol. The van der Waals surface area contributed by atoms with Crippen molar-refractivity contribution < 1.29 is 4.92 Å². The van der Waals surface area contributed by atoms with Gasteiger partial charge in [-0.2, -0.15) is 0 Å². The highest BCUT2D eigenvalue weighted by Gasteiger charge is 2.24. The molecule has 25 heavy (non-hydrogen) atoms. The van der Waals surface area contributed by atoms with Gasteiger partial charge in [0.2, 0.25) is 11.6 Å². The second kappa shape index (κ2) is 7.29. The number of rotatable bonds is 5. The topological polar surface area (TPSA) is 106 Å². The monoisotopic (exact) mass is 376 g/mol. The summed E-state index contributed by atoms with van der Waals surface area (Å²) in [4.78, 5) is 22.8. The first-order valence-corrected chi connectivity index (χ1v) is 7.70. The molecular formula is C15H10Cl2N6O2. The van der Waals surface area contributed by atoms with E-state index in [9.17, 15) is 10.1 Å². The van der Waals surface area contributed by atoms with Crippen LogP contribution in [0.2, 0.25) is 10.2 Å². The lowest BCUT2D eigenvalue weighted by Gasteiger charge is -2.11. The lowest BCUT2D eigenvalue weighted by atomic mass is 10.3. The SMILES string of the molecule is O=[N+]([O-])c1c(Nc2ccccc2Cl)ncnc1Nc1cccnc1Cl. The molecule has 0 atom stereocenters. The molecule has 2 heterocycles. The van der Waals surface area contributed by atoms with Crippen LogP contribution in [0.3, 0.4) is 0 Å². The van der Waals surface area contributed by atoms with Crippen LogP contribution in [-0.2, 0) is 0 Å². The third-order valence-corrected chi connectivity index (χ3v) is 3.77. The van der Waals surface area contributed by atoms with Crippen molar-refractivity contribution in [2.75, 3.05) is 10.6 Å². The number of hydrogen-bond donors (Lipinski definition) is 2. The predicted octanol–water partition coefficient (Wildman–Crippen LogP) is 4.57. The van der Waals surface area contributed by atoms with E-state index in [0.717, 1.165) is 0 Å². The Morgan fingerprint density at radius 3 is 2.20 bits per heavy atom. The first-order valence-electron chi connectivity index (χ1n) is 6.94. The average molecular weight is 377 g/mol. The van der Waals surface area contributed by atoms with Gasteiger partial charge in [0.25, 0.3) is 0 Å². The van der Waals surface area contributed by atoms with Crippen molar-refractivity contribution >= 4 is 51.9 Å². The smallest absolute Gasteiger partial charge is 0.333 e. The molecule has 0 saturated carbocycles. The lowest BCUT2D eigenvalue weighted by Crippen LogP contribution is -2.06. The van der Waals surface area contributed by atoms with Crippen molar-refractivity contribution in [3.05, 3.63) is 69.2 Å². The Kier molecular flexibility index (Phi) is 4.92. The number of nitro groups is 1. The molecule has 8 nitrogen and oxygen atoms in total. The second-order valence-corrected chi connectivity index (χ2v) is 5.51. The molecule has 0 fully saturated rings. The van der Waals surface area contributed by atoms with Gasteiger partial charge in [-0.05, 0) is 24.3 Å². The Hall–Kier alpha value is -2.97. The summed E-state index contributed by atoms with van der Waals surface area (Å²) in [7, 11) is 0. The number of benzene rings is 1. The van der Waals surface area contributed by atoms with Crippen molar-refractivity contribution in [1.82, 2.24) is 15.0 Å². The Morgan fingerprint density at radius 1 is 0.920 bits per heavy atom. The Balaban J connectivity index is 2.02. The van der Waals surface area contributed by atoms with E-state index in [2.05, 4.69) is 25.6 Å². The van der Waals surface area contributed by atoms with E-state index < -0.39 is 4.92 Å². The van der Waals surface area contributed by atoms with Crippen LogP contribution >= 0.6 is 23.2 Å². The van der Waals surface area contributed by atoms with Crippen LogP contribution in [0.5, 0.6) is 0 Å². The molecule has 0 saturated heterocycles. The van der Waals surface area contributed by atoms with Gasteiger partial charge in [0.1, 0.15) is 6.33 Å². The molecule has 0 amide bonds. The van der Waals surface area contributed by atoms with Crippen LogP contribution in [0.25, 0.3) is 0 Å². The molecule has 0 bridgehead atoms. The van der Waals surface area contributed by atoms with Crippen LogP contribution in [0.4, 0.5) is 28.7 Å². The second-order valence-electron chi connectivity index (χ2n) is 4.75. The van der Waals surface area contributed by atoms with E-state index in [1.54, 1.807) is 36.4 Å². The van der Waals surface area contributed by atoms with Crippen LogP contribution in [-0.4, -0.2) is 19.9 Å². The molecule has 1 aromatic carbocycles. The summed E-state index contributed by atoms with van der Waals surface area (Å²) in [5, 5.41) is 17.8. The van der Waals surface area contributed by atoms with Crippen LogP contribution in [0, 0.1) is 10.1 Å². The molecule has 0 spiro atoms. The molecule has 0 aliphatic heterocycles. The van der Waals surface area contributed by atoms with Gasteiger partial charge in [0.05, 0.1) is 21.3 Å². The van der Waals surface area contributed by atoms with Crippen LogP contribution in [0.15, 0.2) is 48.9 Å². The van der Waals surface area contributed by atoms with E-state index in [4.69, 9.17) is 23.2 Å². The van der Waals surface area contributed by atoms with E-state index >= 15 is 0 Å². The summed E-state index contributed by atoms with van der Waals surface area (Å²) in [5.41, 5.74) is 0.522. The Bertz CT molecular complexity index is 872. The quantitative estimate of drug-likeness (QED) is 0.381. The molecule has 3 rings (SSSR count). The molecule has 0 unspecified atom stereocenters. The Labute approximate surface area is 152 Å². The molecule has 10 heteroatoms. The van der Waals surface area contributed by atoms with E-state index in [1.165, 1.54) is 12.5 Å². The van der Waals surface area contributed by atoms with Gasteiger partial charge in [-0.15, -0.1) is 0 Å². The van der Waals surface area contributed by atoms with Gasteiger partial charge >= 0.3 is 5.69 Å². The third kappa shape index (κ3) is 3.76. The first-order chi connectivity index (χ1) is 12.1. The molecule has 0 aliphatic rings. The summed E-state index contributed by atoms with van der Waals surface area (Å²) in [6.07, 6.45) is 2.70. The van der Waals surface area contributed by atoms with Gasteiger partial charge in [-0.1, -0.05) is 35.3 Å². The lowest BCUT2D eigenvalue weighted by molar-refractivity contribution is -0.383. The molecule has 0 aliphatic carbocycles. The van der Waals surface area contributed by atoms with Crippen molar-refractivity contribution in [2.45, 2.75) is 0 Å². The largest absolute Gasteiger partial charge is 0.353 e. The molecule has 3 aromatic rings. The van der Waals surface area contributed by atoms with Gasteiger partial charge in [0.15, 0.2) is 5.15 Å². The number of hydrogen-bond acceptors (Lipinski definition) is 7. The van der Waals surface area contributed by atoms with Crippen LogP contribution in [0.1, 0.15) is 0 Å². The normalized spacial score (nSPS) is 10.3. The zero-order valence-corrected chi connectivity index (χ0v) is 14.0. The molecule has 0 radical (unpaired) electrons. The fourth-order valence-electron chi connectivity index (χ4n) is 2.03. The molecule has 126 valence electrons.